The third-order valence-electron chi connectivity index (χ3n) is 1.97. The minimum atomic E-state index is 0.539. The lowest BCUT2D eigenvalue weighted by molar-refractivity contribution is 0.409. The molecule has 0 aliphatic rings. The largest absolute Gasteiger partial charge is 0.496 e. The molecular formula is C10H15NO. The Morgan fingerprint density at radius 2 is 2.17 bits per heavy atom. The predicted molar refractivity (Wildman–Crippen MR) is 50.3 cm³/mol. The standard InChI is InChI=1S/C10H15NO/c1-3-8-4-5-10(12-2)9(6-8)7-11/h4-6H,3,7,11H2,1-2H3. The van der Waals surface area contributed by atoms with Gasteiger partial charge >= 0.3 is 0 Å². The van der Waals surface area contributed by atoms with Crippen molar-refractivity contribution in [2.75, 3.05) is 7.11 Å². The highest BCUT2D eigenvalue weighted by Crippen LogP contribution is 2.19. The third-order valence-corrected chi connectivity index (χ3v) is 1.97. The fourth-order valence-electron chi connectivity index (χ4n) is 1.21. The second-order valence-corrected chi connectivity index (χ2v) is 2.70. The van der Waals surface area contributed by atoms with Crippen molar-refractivity contribution in [3.8, 4) is 5.75 Å². The van der Waals surface area contributed by atoms with Crippen LogP contribution in [0.3, 0.4) is 0 Å². The molecule has 0 amide bonds. The highest BCUT2D eigenvalue weighted by molar-refractivity contribution is 5.37. The van der Waals surface area contributed by atoms with Crippen LogP contribution in [0.15, 0.2) is 18.2 Å². The summed E-state index contributed by atoms with van der Waals surface area (Å²) in [4.78, 5) is 0. The van der Waals surface area contributed by atoms with Crippen molar-refractivity contribution in [3.05, 3.63) is 29.3 Å². The molecule has 0 saturated carbocycles. The van der Waals surface area contributed by atoms with Crippen LogP contribution in [0.4, 0.5) is 0 Å². The van der Waals surface area contributed by atoms with Gasteiger partial charge in [-0.25, -0.2) is 0 Å². The monoisotopic (exact) mass is 165 g/mol. The summed E-state index contributed by atoms with van der Waals surface area (Å²) in [6.07, 6.45) is 1.04. The van der Waals surface area contributed by atoms with Gasteiger partial charge in [0.25, 0.3) is 0 Å². The predicted octanol–water partition coefficient (Wildman–Crippen LogP) is 1.72. The van der Waals surface area contributed by atoms with Gasteiger partial charge in [-0.3, -0.25) is 0 Å². The molecule has 2 nitrogen and oxygen atoms in total. The van der Waals surface area contributed by atoms with E-state index in [4.69, 9.17) is 10.5 Å². The van der Waals surface area contributed by atoms with Crippen molar-refractivity contribution in [1.29, 1.82) is 0 Å². The summed E-state index contributed by atoms with van der Waals surface area (Å²) in [5.74, 6) is 0.884. The van der Waals surface area contributed by atoms with Gasteiger partial charge < -0.3 is 10.5 Å². The molecule has 1 aromatic carbocycles. The summed E-state index contributed by atoms with van der Waals surface area (Å²) in [6, 6.07) is 6.14. The molecule has 0 atom stereocenters. The SMILES string of the molecule is CCc1ccc(OC)c(CN)c1. The third kappa shape index (κ3) is 1.77. The zero-order chi connectivity index (χ0) is 8.97. The highest BCUT2D eigenvalue weighted by Gasteiger charge is 2.00. The molecule has 0 aliphatic carbocycles. The molecule has 0 bridgehead atoms. The minimum Gasteiger partial charge on any atom is -0.496 e. The number of nitrogens with two attached hydrogens (primary N) is 1. The Kier molecular flexibility index (Phi) is 3.11. The first-order chi connectivity index (χ1) is 5.81. The topological polar surface area (TPSA) is 35.2 Å². The molecule has 12 heavy (non-hydrogen) atoms. The number of hydrogen-bond donors (Lipinski definition) is 1. The first-order valence-corrected chi connectivity index (χ1v) is 4.17. The number of benzene rings is 1. The van der Waals surface area contributed by atoms with Gasteiger partial charge in [0.15, 0.2) is 0 Å². The van der Waals surface area contributed by atoms with E-state index in [-0.39, 0.29) is 0 Å². The maximum atomic E-state index is 5.57. The van der Waals surface area contributed by atoms with E-state index in [2.05, 4.69) is 19.1 Å². The number of rotatable bonds is 3. The van der Waals surface area contributed by atoms with Gasteiger partial charge in [0, 0.05) is 12.1 Å². The van der Waals surface area contributed by atoms with Crippen molar-refractivity contribution < 1.29 is 4.74 Å². The summed E-state index contributed by atoms with van der Waals surface area (Å²) in [5, 5.41) is 0. The number of ether oxygens (including phenoxy) is 1. The van der Waals surface area contributed by atoms with Crippen molar-refractivity contribution in [3.63, 3.8) is 0 Å². The molecule has 0 fully saturated rings. The van der Waals surface area contributed by atoms with E-state index in [0.29, 0.717) is 6.54 Å². The lowest BCUT2D eigenvalue weighted by Gasteiger charge is -2.07. The van der Waals surface area contributed by atoms with Crippen molar-refractivity contribution in [1.82, 2.24) is 0 Å². The quantitative estimate of drug-likeness (QED) is 0.740. The molecular weight excluding hydrogens is 150 g/mol. The van der Waals surface area contributed by atoms with Crippen LogP contribution in [0, 0.1) is 0 Å². The molecule has 66 valence electrons. The van der Waals surface area contributed by atoms with Crippen LogP contribution in [0.25, 0.3) is 0 Å². The normalized spacial score (nSPS) is 9.92. The van der Waals surface area contributed by atoms with E-state index in [0.717, 1.165) is 17.7 Å². The number of hydrogen-bond acceptors (Lipinski definition) is 2. The average molecular weight is 165 g/mol. The molecule has 1 rings (SSSR count). The van der Waals surface area contributed by atoms with E-state index in [1.807, 2.05) is 6.07 Å². The van der Waals surface area contributed by atoms with Crippen LogP contribution in [0.5, 0.6) is 5.75 Å². The first-order valence-electron chi connectivity index (χ1n) is 4.17. The van der Waals surface area contributed by atoms with Gasteiger partial charge in [0.1, 0.15) is 5.75 Å². The second kappa shape index (κ2) is 4.12. The van der Waals surface area contributed by atoms with Gasteiger partial charge in [0.2, 0.25) is 0 Å². The van der Waals surface area contributed by atoms with Gasteiger partial charge in [-0.1, -0.05) is 19.1 Å². The molecule has 0 heterocycles. The van der Waals surface area contributed by atoms with Crippen molar-refractivity contribution in [2.45, 2.75) is 19.9 Å². The summed E-state index contributed by atoms with van der Waals surface area (Å²) in [6.45, 7) is 2.67. The van der Waals surface area contributed by atoms with Crippen LogP contribution in [0.2, 0.25) is 0 Å². The lowest BCUT2D eigenvalue weighted by Crippen LogP contribution is -2.00. The first kappa shape index (κ1) is 9.07. The van der Waals surface area contributed by atoms with Crippen LogP contribution in [-0.4, -0.2) is 7.11 Å². The van der Waals surface area contributed by atoms with Crippen LogP contribution in [0.1, 0.15) is 18.1 Å². The van der Waals surface area contributed by atoms with Gasteiger partial charge in [-0.2, -0.15) is 0 Å². The van der Waals surface area contributed by atoms with E-state index in [9.17, 15) is 0 Å². The molecule has 0 aliphatic heterocycles. The smallest absolute Gasteiger partial charge is 0.123 e. The van der Waals surface area contributed by atoms with Gasteiger partial charge in [-0.15, -0.1) is 0 Å². The van der Waals surface area contributed by atoms with E-state index in [1.54, 1.807) is 7.11 Å². The fourth-order valence-corrected chi connectivity index (χ4v) is 1.21. The van der Waals surface area contributed by atoms with Crippen LogP contribution in [-0.2, 0) is 13.0 Å². The number of aryl methyl sites for hydroxylation is 1. The Labute approximate surface area is 73.3 Å². The Morgan fingerprint density at radius 3 is 2.67 bits per heavy atom. The molecule has 0 aromatic heterocycles. The Morgan fingerprint density at radius 1 is 1.42 bits per heavy atom. The maximum Gasteiger partial charge on any atom is 0.123 e. The maximum absolute atomic E-state index is 5.57. The Hall–Kier alpha value is -1.02. The fraction of sp³-hybridized carbons (Fsp3) is 0.400. The van der Waals surface area contributed by atoms with Crippen molar-refractivity contribution in [2.24, 2.45) is 5.73 Å². The molecule has 1 aromatic rings. The number of methoxy groups -OCH3 is 1. The zero-order valence-electron chi connectivity index (χ0n) is 7.63. The van der Waals surface area contributed by atoms with E-state index < -0.39 is 0 Å². The van der Waals surface area contributed by atoms with Gasteiger partial charge in [-0.05, 0) is 18.1 Å². The Balaban J connectivity index is 3.02. The van der Waals surface area contributed by atoms with E-state index >= 15 is 0 Å². The summed E-state index contributed by atoms with van der Waals surface area (Å²) >= 11 is 0. The highest BCUT2D eigenvalue weighted by atomic mass is 16.5. The second-order valence-electron chi connectivity index (χ2n) is 2.70. The molecule has 2 heteroatoms. The van der Waals surface area contributed by atoms with Crippen LogP contribution < -0.4 is 10.5 Å². The van der Waals surface area contributed by atoms with Crippen molar-refractivity contribution >= 4 is 0 Å². The molecule has 0 saturated heterocycles. The summed E-state index contributed by atoms with van der Waals surface area (Å²) < 4.78 is 5.16. The molecule has 2 N–H and O–H groups in total. The van der Waals surface area contributed by atoms with Crippen LogP contribution >= 0.6 is 0 Å². The van der Waals surface area contributed by atoms with Gasteiger partial charge in [0.05, 0.1) is 7.11 Å². The summed E-state index contributed by atoms with van der Waals surface area (Å²) in [7, 11) is 1.67. The minimum absolute atomic E-state index is 0.539. The lowest BCUT2D eigenvalue weighted by atomic mass is 10.1. The molecule has 0 radical (unpaired) electrons. The molecule has 0 unspecified atom stereocenters. The average Bonchev–Trinajstić information content (AvgIpc) is 2.16. The summed E-state index contributed by atoms with van der Waals surface area (Å²) in [5.41, 5.74) is 7.95. The zero-order valence-corrected chi connectivity index (χ0v) is 7.63. The Bertz CT molecular complexity index is 258. The van der Waals surface area contributed by atoms with E-state index in [1.165, 1.54) is 5.56 Å². The molecule has 0 spiro atoms.